The van der Waals surface area contributed by atoms with Crippen LogP contribution in [-0.2, 0) is 4.79 Å². The highest BCUT2D eigenvalue weighted by Gasteiger charge is 2.34. The van der Waals surface area contributed by atoms with Gasteiger partial charge < -0.3 is 16.4 Å². The first-order valence-electron chi connectivity index (χ1n) is 8.69. The van der Waals surface area contributed by atoms with Crippen molar-refractivity contribution in [2.75, 3.05) is 17.6 Å². The molecule has 5 nitrogen and oxygen atoms in total. The number of thiophene rings is 1. The Labute approximate surface area is 161 Å². The number of carbonyl (C=O) groups is 2. The number of thioether (sulfide) groups is 1. The summed E-state index contributed by atoms with van der Waals surface area (Å²) in [6.45, 7) is 0.467. The van der Waals surface area contributed by atoms with E-state index in [1.807, 2.05) is 17.5 Å². The molecule has 1 aromatic heterocycles. The number of rotatable bonds is 7. The maximum absolute atomic E-state index is 12.5. The predicted octanol–water partition coefficient (Wildman–Crippen LogP) is 3.48. The third-order valence-corrected chi connectivity index (χ3v) is 6.73. The number of anilines is 1. The van der Waals surface area contributed by atoms with Gasteiger partial charge in [0.1, 0.15) is 0 Å². The molecule has 0 unspecified atom stereocenters. The molecule has 0 radical (unpaired) electrons. The third kappa shape index (κ3) is 4.87. The Balaban J connectivity index is 1.52. The van der Waals surface area contributed by atoms with Crippen LogP contribution in [0.1, 0.15) is 36.0 Å². The Morgan fingerprint density at radius 1 is 1.15 bits per heavy atom. The fraction of sp³-hybridized carbons (Fsp3) is 0.368. The normalized spacial score (nSPS) is 15.6. The zero-order chi connectivity index (χ0) is 18.4. The van der Waals surface area contributed by atoms with Gasteiger partial charge in [0.15, 0.2) is 0 Å². The van der Waals surface area contributed by atoms with Crippen molar-refractivity contribution >= 4 is 40.6 Å². The summed E-state index contributed by atoms with van der Waals surface area (Å²) in [6.07, 6.45) is 4.08. The van der Waals surface area contributed by atoms with Crippen LogP contribution in [0.25, 0.3) is 0 Å². The summed E-state index contributed by atoms with van der Waals surface area (Å²) in [4.78, 5) is 24.5. The number of benzene rings is 1. The summed E-state index contributed by atoms with van der Waals surface area (Å²) in [6, 6.07) is 10.9. The van der Waals surface area contributed by atoms with Gasteiger partial charge in [-0.2, -0.15) is 0 Å². The van der Waals surface area contributed by atoms with E-state index in [1.54, 1.807) is 35.6 Å². The molecule has 26 heavy (non-hydrogen) atoms. The van der Waals surface area contributed by atoms with Crippen molar-refractivity contribution in [2.24, 2.45) is 5.73 Å². The fourth-order valence-corrected chi connectivity index (χ4v) is 4.71. The van der Waals surface area contributed by atoms with Gasteiger partial charge in [-0.15, -0.1) is 23.1 Å². The predicted molar refractivity (Wildman–Crippen MR) is 108 cm³/mol. The van der Waals surface area contributed by atoms with Crippen LogP contribution < -0.4 is 16.4 Å². The van der Waals surface area contributed by atoms with Gasteiger partial charge in [0.25, 0.3) is 5.91 Å². The van der Waals surface area contributed by atoms with Crippen LogP contribution in [0.2, 0.25) is 0 Å². The second kappa shape index (κ2) is 8.70. The molecule has 1 aliphatic carbocycles. The standard InChI is InChI=1S/C19H23N3O2S2/c20-13-19(9-1-2-10-19)22-18(24)14-5-7-15(8-6-14)21-16(23)12-26-17-4-3-11-25-17/h3-8,11H,1-2,9-10,12-13,20H2,(H,21,23)(H,22,24). The molecule has 7 heteroatoms. The van der Waals surface area contributed by atoms with Crippen molar-refractivity contribution in [3.8, 4) is 0 Å². The van der Waals surface area contributed by atoms with E-state index in [0.717, 1.165) is 29.9 Å². The Kier molecular flexibility index (Phi) is 6.34. The van der Waals surface area contributed by atoms with Gasteiger partial charge in [-0.3, -0.25) is 9.59 Å². The lowest BCUT2D eigenvalue weighted by Crippen LogP contribution is -2.51. The Morgan fingerprint density at radius 2 is 1.88 bits per heavy atom. The van der Waals surface area contributed by atoms with Gasteiger partial charge in [-0.1, -0.05) is 18.9 Å². The zero-order valence-corrected chi connectivity index (χ0v) is 16.1. The highest BCUT2D eigenvalue weighted by Crippen LogP contribution is 2.29. The summed E-state index contributed by atoms with van der Waals surface area (Å²) >= 11 is 3.13. The summed E-state index contributed by atoms with van der Waals surface area (Å²) in [7, 11) is 0. The van der Waals surface area contributed by atoms with Crippen LogP contribution in [0.3, 0.4) is 0 Å². The Bertz CT molecular complexity index is 739. The highest BCUT2D eigenvalue weighted by molar-refractivity contribution is 8.01. The van der Waals surface area contributed by atoms with E-state index in [-0.39, 0.29) is 17.4 Å². The van der Waals surface area contributed by atoms with Gasteiger partial charge in [-0.05, 0) is 48.6 Å². The van der Waals surface area contributed by atoms with E-state index in [1.165, 1.54) is 11.8 Å². The first-order chi connectivity index (χ1) is 12.6. The molecule has 0 atom stereocenters. The lowest BCUT2D eigenvalue weighted by atomic mass is 9.97. The fourth-order valence-electron chi connectivity index (χ4n) is 3.13. The van der Waals surface area contributed by atoms with E-state index in [9.17, 15) is 9.59 Å². The SMILES string of the molecule is NCC1(NC(=O)c2ccc(NC(=O)CSc3cccs3)cc2)CCCC1. The maximum Gasteiger partial charge on any atom is 0.251 e. The monoisotopic (exact) mass is 389 g/mol. The van der Waals surface area contributed by atoms with Crippen LogP contribution >= 0.6 is 23.1 Å². The smallest absolute Gasteiger partial charge is 0.251 e. The molecule has 1 aromatic carbocycles. The average Bonchev–Trinajstić information content (AvgIpc) is 3.33. The topological polar surface area (TPSA) is 84.2 Å². The molecule has 2 amide bonds. The Morgan fingerprint density at radius 3 is 2.50 bits per heavy atom. The second-order valence-corrected chi connectivity index (χ2v) is 8.72. The van der Waals surface area contributed by atoms with E-state index in [0.29, 0.717) is 23.5 Å². The first-order valence-corrected chi connectivity index (χ1v) is 10.6. The zero-order valence-electron chi connectivity index (χ0n) is 14.5. The second-order valence-electron chi connectivity index (χ2n) is 6.49. The number of hydrogen-bond acceptors (Lipinski definition) is 5. The van der Waals surface area contributed by atoms with E-state index in [2.05, 4.69) is 10.6 Å². The van der Waals surface area contributed by atoms with Gasteiger partial charge in [-0.25, -0.2) is 0 Å². The van der Waals surface area contributed by atoms with Crippen LogP contribution in [0.15, 0.2) is 46.0 Å². The highest BCUT2D eigenvalue weighted by atomic mass is 32.2. The van der Waals surface area contributed by atoms with Crippen LogP contribution in [-0.4, -0.2) is 29.7 Å². The third-order valence-electron chi connectivity index (χ3n) is 4.60. The van der Waals surface area contributed by atoms with Crippen molar-refractivity contribution in [3.63, 3.8) is 0 Å². The number of nitrogens with two attached hydrogens (primary N) is 1. The number of carbonyl (C=O) groups excluding carboxylic acids is 2. The van der Waals surface area contributed by atoms with Crippen molar-refractivity contribution in [2.45, 2.75) is 35.4 Å². The summed E-state index contributed by atoms with van der Waals surface area (Å²) < 4.78 is 1.12. The van der Waals surface area contributed by atoms with E-state index < -0.39 is 0 Å². The van der Waals surface area contributed by atoms with Crippen molar-refractivity contribution in [1.82, 2.24) is 5.32 Å². The lowest BCUT2D eigenvalue weighted by Gasteiger charge is -2.28. The maximum atomic E-state index is 12.5. The Hall–Kier alpha value is -1.83. The molecule has 1 aliphatic rings. The minimum absolute atomic E-state index is 0.0614. The van der Waals surface area contributed by atoms with Crippen molar-refractivity contribution in [1.29, 1.82) is 0 Å². The number of amides is 2. The molecule has 138 valence electrons. The van der Waals surface area contributed by atoms with Crippen LogP contribution in [0.5, 0.6) is 0 Å². The molecule has 3 rings (SSSR count). The molecule has 0 bridgehead atoms. The summed E-state index contributed by atoms with van der Waals surface area (Å²) in [5.41, 5.74) is 6.88. The first kappa shape index (κ1) is 18.9. The molecule has 4 N–H and O–H groups in total. The molecule has 0 aliphatic heterocycles. The molecule has 0 saturated heterocycles. The summed E-state index contributed by atoms with van der Waals surface area (Å²) in [5, 5.41) is 7.95. The van der Waals surface area contributed by atoms with Crippen molar-refractivity contribution < 1.29 is 9.59 Å². The molecule has 1 heterocycles. The molecular weight excluding hydrogens is 366 g/mol. The number of nitrogens with one attached hydrogen (secondary N) is 2. The molecular formula is C19H23N3O2S2. The molecule has 1 saturated carbocycles. The van der Waals surface area contributed by atoms with E-state index in [4.69, 9.17) is 5.73 Å². The molecule has 0 spiro atoms. The van der Waals surface area contributed by atoms with Gasteiger partial charge >= 0.3 is 0 Å². The van der Waals surface area contributed by atoms with Gasteiger partial charge in [0.05, 0.1) is 15.5 Å². The van der Waals surface area contributed by atoms with Crippen molar-refractivity contribution in [3.05, 3.63) is 47.3 Å². The van der Waals surface area contributed by atoms with Gasteiger partial charge in [0.2, 0.25) is 5.91 Å². The minimum Gasteiger partial charge on any atom is -0.345 e. The lowest BCUT2D eigenvalue weighted by molar-refractivity contribution is -0.113. The van der Waals surface area contributed by atoms with Crippen LogP contribution in [0.4, 0.5) is 5.69 Å². The molecule has 2 aromatic rings. The largest absolute Gasteiger partial charge is 0.345 e. The number of hydrogen-bond donors (Lipinski definition) is 3. The molecule has 1 fully saturated rings. The average molecular weight is 390 g/mol. The minimum atomic E-state index is -0.261. The van der Waals surface area contributed by atoms with Crippen LogP contribution in [0, 0.1) is 0 Å². The van der Waals surface area contributed by atoms with Gasteiger partial charge in [0, 0.05) is 17.8 Å². The summed E-state index contributed by atoms with van der Waals surface area (Å²) in [5.74, 6) is 0.194. The van der Waals surface area contributed by atoms with E-state index >= 15 is 0 Å². The quantitative estimate of drug-likeness (QED) is 0.633.